The van der Waals surface area contributed by atoms with E-state index in [0.717, 1.165) is 10.9 Å². The Morgan fingerprint density at radius 1 is 0.950 bits per heavy atom. The van der Waals surface area contributed by atoms with Crippen molar-refractivity contribution in [2.45, 2.75) is 20.8 Å². The molecule has 112 valence electrons. The first kappa shape index (κ1) is 16.8. The van der Waals surface area contributed by atoms with Crippen LogP contribution in [0.25, 0.3) is 0 Å². The number of rotatable bonds is 9. The van der Waals surface area contributed by atoms with E-state index < -0.39 is 8.80 Å². The van der Waals surface area contributed by atoms with Gasteiger partial charge in [0.1, 0.15) is 0 Å². The highest BCUT2D eigenvalue weighted by molar-refractivity contribution is 6.75. The summed E-state index contributed by atoms with van der Waals surface area (Å²) < 4.78 is 22.3. The van der Waals surface area contributed by atoms with Crippen LogP contribution in [-0.2, 0) is 18.0 Å². The number of ether oxygens (including phenoxy) is 1. The van der Waals surface area contributed by atoms with Gasteiger partial charge in [0.2, 0.25) is 0 Å². The van der Waals surface area contributed by atoms with Crippen LogP contribution in [0.3, 0.4) is 0 Å². The third-order valence-electron chi connectivity index (χ3n) is 2.53. The average molecular weight is 297 g/mol. The van der Waals surface area contributed by atoms with Crippen LogP contribution < -0.4 is 5.19 Å². The second-order valence-corrected chi connectivity index (χ2v) is 6.43. The maximum Gasteiger partial charge on any atom is 0.537 e. The molecular formula is C14H23NO4Si. The fourth-order valence-corrected chi connectivity index (χ4v) is 4.28. The Morgan fingerprint density at radius 2 is 1.45 bits per heavy atom. The molecule has 1 aromatic carbocycles. The van der Waals surface area contributed by atoms with E-state index in [0.29, 0.717) is 19.8 Å². The van der Waals surface area contributed by atoms with E-state index in [1.807, 2.05) is 45.0 Å². The SMILES string of the molecule is CCO[Si](OCC)(OCC)c1ccc(N=COC)cc1. The smallest absolute Gasteiger partial charge is 0.486 e. The highest BCUT2D eigenvalue weighted by Crippen LogP contribution is 2.14. The van der Waals surface area contributed by atoms with Crippen LogP contribution in [0.5, 0.6) is 0 Å². The Bertz CT molecular complexity index is 391. The summed E-state index contributed by atoms with van der Waals surface area (Å²) in [7, 11) is -1.24. The highest BCUT2D eigenvalue weighted by Gasteiger charge is 2.43. The first-order valence-corrected chi connectivity index (χ1v) is 8.52. The minimum Gasteiger partial charge on any atom is -0.486 e. The molecule has 0 spiro atoms. The van der Waals surface area contributed by atoms with Crippen molar-refractivity contribution in [3.8, 4) is 0 Å². The lowest BCUT2D eigenvalue weighted by Crippen LogP contribution is -2.56. The van der Waals surface area contributed by atoms with E-state index in [2.05, 4.69) is 4.99 Å². The Kier molecular flexibility index (Phi) is 7.46. The van der Waals surface area contributed by atoms with Gasteiger partial charge in [-0.1, -0.05) is 12.1 Å². The maximum atomic E-state index is 5.85. The van der Waals surface area contributed by atoms with Crippen molar-refractivity contribution in [3.05, 3.63) is 24.3 Å². The minimum absolute atomic E-state index is 0.551. The lowest BCUT2D eigenvalue weighted by molar-refractivity contribution is 0.0859. The normalized spacial score (nSPS) is 12.0. The lowest BCUT2D eigenvalue weighted by Gasteiger charge is -2.28. The zero-order valence-corrected chi connectivity index (χ0v) is 13.6. The fraction of sp³-hybridized carbons (Fsp3) is 0.500. The summed E-state index contributed by atoms with van der Waals surface area (Å²) in [4.78, 5) is 4.13. The molecule has 0 unspecified atom stereocenters. The predicted molar refractivity (Wildman–Crippen MR) is 81.9 cm³/mol. The van der Waals surface area contributed by atoms with Crippen molar-refractivity contribution in [1.29, 1.82) is 0 Å². The average Bonchev–Trinajstić information content (AvgIpc) is 2.46. The van der Waals surface area contributed by atoms with Crippen LogP contribution in [0, 0.1) is 0 Å². The summed E-state index contributed by atoms with van der Waals surface area (Å²) in [6.07, 6.45) is 1.40. The summed E-state index contributed by atoms with van der Waals surface area (Å²) in [5, 5.41) is 0.944. The van der Waals surface area contributed by atoms with Gasteiger partial charge in [-0.05, 0) is 32.9 Å². The van der Waals surface area contributed by atoms with Crippen LogP contribution in [0.4, 0.5) is 5.69 Å². The van der Waals surface area contributed by atoms with Gasteiger partial charge in [-0.2, -0.15) is 0 Å². The molecule has 0 saturated heterocycles. The molecular weight excluding hydrogens is 274 g/mol. The molecule has 0 aliphatic rings. The number of aliphatic imine (C=N–C) groups is 1. The summed E-state index contributed by atoms with van der Waals surface area (Å²) in [5.74, 6) is 0. The molecule has 0 fully saturated rings. The lowest BCUT2D eigenvalue weighted by atomic mass is 10.3. The standard InChI is InChI=1S/C14H23NO4Si/c1-5-17-20(18-6-2,19-7-3)14-10-8-13(9-11-14)15-12-16-4/h8-12H,5-7H2,1-4H3. The van der Waals surface area contributed by atoms with Gasteiger partial charge in [0.05, 0.1) is 12.8 Å². The molecule has 0 aliphatic heterocycles. The topological polar surface area (TPSA) is 49.3 Å². The van der Waals surface area contributed by atoms with Crippen molar-refractivity contribution in [2.75, 3.05) is 26.9 Å². The molecule has 1 rings (SSSR count). The summed E-state index contributed by atoms with van der Waals surface area (Å²) in [5.41, 5.74) is 0.808. The van der Waals surface area contributed by atoms with Gasteiger partial charge < -0.3 is 18.0 Å². The Morgan fingerprint density at radius 3 is 1.85 bits per heavy atom. The van der Waals surface area contributed by atoms with E-state index in [1.54, 1.807) is 7.11 Å². The van der Waals surface area contributed by atoms with Crippen molar-refractivity contribution in [2.24, 2.45) is 4.99 Å². The third kappa shape index (κ3) is 4.41. The molecule has 6 heteroatoms. The fourth-order valence-electron chi connectivity index (χ4n) is 1.81. The van der Waals surface area contributed by atoms with Crippen LogP contribution >= 0.6 is 0 Å². The van der Waals surface area contributed by atoms with E-state index >= 15 is 0 Å². The Labute approximate surface area is 121 Å². The van der Waals surface area contributed by atoms with Gasteiger partial charge in [0.25, 0.3) is 0 Å². The van der Waals surface area contributed by atoms with E-state index in [4.69, 9.17) is 18.0 Å². The van der Waals surface area contributed by atoms with Gasteiger partial charge >= 0.3 is 8.80 Å². The molecule has 5 nitrogen and oxygen atoms in total. The van der Waals surface area contributed by atoms with Gasteiger partial charge in [-0.15, -0.1) is 0 Å². The van der Waals surface area contributed by atoms with E-state index in [1.165, 1.54) is 6.40 Å². The molecule has 0 bridgehead atoms. The largest absolute Gasteiger partial charge is 0.537 e. The minimum atomic E-state index is -2.81. The number of hydrogen-bond acceptors (Lipinski definition) is 5. The molecule has 0 amide bonds. The number of methoxy groups -OCH3 is 1. The molecule has 0 heterocycles. The highest BCUT2D eigenvalue weighted by atomic mass is 28.4. The van der Waals surface area contributed by atoms with Gasteiger partial charge in [-0.3, -0.25) is 0 Å². The monoisotopic (exact) mass is 297 g/mol. The van der Waals surface area contributed by atoms with Crippen LogP contribution in [0.2, 0.25) is 0 Å². The first-order valence-electron chi connectivity index (χ1n) is 6.80. The predicted octanol–water partition coefficient (Wildman–Crippen LogP) is 2.25. The second-order valence-electron chi connectivity index (χ2n) is 3.87. The zero-order valence-electron chi connectivity index (χ0n) is 12.6. The molecule has 0 atom stereocenters. The van der Waals surface area contributed by atoms with Crippen molar-refractivity contribution >= 4 is 26.1 Å². The Hall–Kier alpha value is -1.21. The molecule has 0 aliphatic carbocycles. The van der Waals surface area contributed by atoms with Gasteiger partial charge in [0.15, 0.2) is 6.40 Å². The van der Waals surface area contributed by atoms with E-state index in [9.17, 15) is 0 Å². The number of nitrogens with zero attached hydrogens (tertiary/aromatic N) is 1. The molecule has 0 aromatic heterocycles. The maximum absolute atomic E-state index is 5.85. The van der Waals surface area contributed by atoms with Gasteiger partial charge in [-0.25, -0.2) is 4.99 Å². The van der Waals surface area contributed by atoms with Crippen LogP contribution in [0.1, 0.15) is 20.8 Å². The quantitative estimate of drug-likeness (QED) is 0.398. The van der Waals surface area contributed by atoms with Gasteiger partial charge in [0, 0.05) is 25.0 Å². The summed E-state index contributed by atoms with van der Waals surface area (Å²) in [6, 6.07) is 7.67. The zero-order chi connectivity index (χ0) is 14.8. The molecule has 20 heavy (non-hydrogen) atoms. The van der Waals surface area contributed by atoms with Crippen molar-refractivity contribution in [1.82, 2.24) is 0 Å². The first-order chi connectivity index (χ1) is 9.72. The molecule has 0 N–H and O–H groups in total. The number of hydrogen-bond donors (Lipinski definition) is 0. The summed E-state index contributed by atoms with van der Waals surface area (Å²) >= 11 is 0. The Balaban J connectivity index is 3.02. The third-order valence-corrected chi connectivity index (χ3v) is 5.58. The molecule has 1 aromatic rings. The van der Waals surface area contributed by atoms with E-state index in [-0.39, 0.29) is 0 Å². The molecule has 0 radical (unpaired) electrons. The van der Waals surface area contributed by atoms with Crippen molar-refractivity contribution in [3.63, 3.8) is 0 Å². The van der Waals surface area contributed by atoms with Crippen LogP contribution in [-0.4, -0.2) is 42.1 Å². The summed E-state index contributed by atoms with van der Waals surface area (Å²) in [6.45, 7) is 7.48. The molecule has 0 saturated carbocycles. The second kappa shape index (κ2) is 8.86. The number of benzene rings is 1. The van der Waals surface area contributed by atoms with Crippen molar-refractivity contribution < 1.29 is 18.0 Å². The van der Waals surface area contributed by atoms with Crippen LogP contribution in [0.15, 0.2) is 29.3 Å².